The quantitative estimate of drug-likeness (QED) is 0.286. The SMILES string of the molecule is CO/C=C(\C)C(=O)Oc1cc(C(=O)c2ccccc2)c(O)cc1OC. The van der Waals surface area contributed by atoms with Gasteiger partial charge in [0.1, 0.15) is 5.75 Å². The highest BCUT2D eigenvalue weighted by atomic mass is 16.6. The van der Waals surface area contributed by atoms with Gasteiger partial charge in [-0.15, -0.1) is 0 Å². The molecule has 0 saturated heterocycles. The minimum absolute atomic E-state index is 0.00294. The van der Waals surface area contributed by atoms with Gasteiger partial charge in [-0.1, -0.05) is 30.3 Å². The zero-order valence-electron chi connectivity index (χ0n) is 14.1. The number of hydrogen-bond donors (Lipinski definition) is 1. The third-order valence-corrected chi connectivity index (χ3v) is 3.38. The Hall–Kier alpha value is -3.28. The van der Waals surface area contributed by atoms with E-state index in [4.69, 9.17) is 14.2 Å². The van der Waals surface area contributed by atoms with Gasteiger partial charge in [0, 0.05) is 11.6 Å². The zero-order chi connectivity index (χ0) is 18.4. The van der Waals surface area contributed by atoms with Crippen molar-refractivity contribution in [2.24, 2.45) is 0 Å². The number of carbonyl (C=O) groups is 2. The molecule has 0 aliphatic carbocycles. The van der Waals surface area contributed by atoms with Gasteiger partial charge in [0.2, 0.25) is 0 Å². The fourth-order valence-electron chi connectivity index (χ4n) is 2.12. The van der Waals surface area contributed by atoms with Gasteiger partial charge in [0.15, 0.2) is 17.3 Å². The Morgan fingerprint density at radius 1 is 1.04 bits per heavy atom. The third kappa shape index (κ3) is 4.17. The number of rotatable bonds is 6. The number of carbonyl (C=O) groups excluding carboxylic acids is 2. The van der Waals surface area contributed by atoms with E-state index < -0.39 is 11.8 Å². The molecule has 0 radical (unpaired) electrons. The molecule has 0 bridgehead atoms. The van der Waals surface area contributed by atoms with Crippen molar-refractivity contribution in [3.63, 3.8) is 0 Å². The van der Waals surface area contributed by atoms with Crippen LogP contribution >= 0.6 is 0 Å². The van der Waals surface area contributed by atoms with E-state index in [1.54, 1.807) is 30.3 Å². The molecule has 25 heavy (non-hydrogen) atoms. The Morgan fingerprint density at radius 3 is 2.32 bits per heavy atom. The molecule has 0 heterocycles. The molecular weight excluding hydrogens is 324 g/mol. The largest absolute Gasteiger partial charge is 0.507 e. The molecule has 0 atom stereocenters. The van der Waals surface area contributed by atoms with Crippen LogP contribution in [-0.2, 0) is 9.53 Å². The summed E-state index contributed by atoms with van der Waals surface area (Å²) in [6.07, 6.45) is 1.24. The summed E-state index contributed by atoms with van der Waals surface area (Å²) >= 11 is 0. The van der Waals surface area contributed by atoms with Gasteiger partial charge in [-0.2, -0.15) is 0 Å². The summed E-state index contributed by atoms with van der Waals surface area (Å²) in [5.74, 6) is -1.19. The molecule has 0 aliphatic rings. The van der Waals surface area contributed by atoms with Crippen molar-refractivity contribution in [3.8, 4) is 17.2 Å². The summed E-state index contributed by atoms with van der Waals surface area (Å²) < 4.78 is 15.1. The third-order valence-electron chi connectivity index (χ3n) is 3.38. The van der Waals surface area contributed by atoms with Gasteiger partial charge in [-0.25, -0.2) is 4.79 Å². The summed E-state index contributed by atoms with van der Waals surface area (Å²) in [5.41, 5.74) is 0.632. The Balaban J connectivity index is 2.42. The Morgan fingerprint density at radius 2 is 1.72 bits per heavy atom. The first-order chi connectivity index (χ1) is 12.0. The number of ketones is 1. The molecule has 2 aromatic rings. The molecule has 0 amide bonds. The van der Waals surface area contributed by atoms with Crippen LogP contribution in [0.25, 0.3) is 0 Å². The highest BCUT2D eigenvalue weighted by Crippen LogP contribution is 2.35. The number of aromatic hydroxyl groups is 1. The minimum Gasteiger partial charge on any atom is -0.507 e. The van der Waals surface area contributed by atoms with Crippen molar-refractivity contribution in [1.82, 2.24) is 0 Å². The van der Waals surface area contributed by atoms with Crippen LogP contribution in [0.2, 0.25) is 0 Å². The average Bonchev–Trinajstić information content (AvgIpc) is 2.63. The van der Waals surface area contributed by atoms with Gasteiger partial charge in [0.05, 0.1) is 31.6 Å². The van der Waals surface area contributed by atoms with Gasteiger partial charge in [0.25, 0.3) is 0 Å². The second kappa shape index (κ2) is 8.01. The Bertz CT molecular complexity index is 808. The predicted octanol–water partition coefficient (Wildman–Crippen LogP) is 3.09. The summed E-state index contributed by atoms with van der Waals surface area (Å²) in [5, 5.41) is 10.1. The smallest absolute Gasteiger partial charge is 0.342 e. The van der Waals surface area contributed by atoms with Crippen LogP contribution in [0, 0.1) is 0 Å². The Labute approximate surface area is 145 Å². The number of hydrogen-bond acceptors (Lipinski definition) is 6. The average molecular weight is 342 g/mol. The summed E-state index contributed by atoms with van der Waals surface area (Å²) in [6, 6.07) is 11.0. The molecule has 0 spiro atoms. The van der Waals surface area contributed by atoms with Crippen molar-refractivity contribution < 1.29 is 28.9 Å². The van der Waals surface area contributed by atoms with E-state index >= 15 is 0 Å². The first kappa shape index (κ1) is 18.1. The van der Waals surface area contributed by atoms with E-state index in [-0.39, 0.29) is 28.4 Å². The molecule has 0 fully saturated rings. The van der Waals surface area contributed by atoms with Crippen molar-refractivity contribution in [2.45, 2.75) is 6.92 Å². The van der Waals surface area contributed by atoms with E-state index in [0.717, 1.165) is 0 Å². The Kier molecular flexibility index (Phi) is 5.79. The highest BCUT2D eigenvalue weighted by Gasteiger charge is 2.20. The molecule has 1 N–H and O–H groups in total. The molecule has 6 nitrogen and oxygen atoms in total. The van der Waals surface area contributed by atoms with Crippen LogP contribution < -0.4 is 9.47 Å². The maximum Gasteiger partial charge on any atom is 0.342 e. The van der Waals surface area contributed by atoms with Crippen LogP contribution in [0.1, 0.15) is 22.8 Å². The lowest BCUT2D eigenvalue weighted by atomic mass is 10.0. The topological polar surface area (TPSA) is 82.1 Å². The molecule has 2 aromatic carbocycles. The monoisotopic (exact) mass is 342 g/mol. The van der Waals surface area contributed by atoms with E-state index in [1.165, 1.54) is 39.5 Å². The van der Waals surface area contributed by atoms with Gasteiger partial charge in [-0.3, -0.25) is 4.79 Å². The highest BCUT2D eigenvalue weighted by molar-refractivity contribution is 6.11. The molecule has 130 valence electrons. The first-order valence-corrected chi connectivity index (χ1v) is 7.40. The van der Waals surface area contributed by atoms with Crippen LogP contribution in [-0.4, -0.2) is 31.1 Å². The number of methoxy groups -OCH3 is 2. The van der Waals surface area contributed by atoms with Gasteiger partial charge in [-0.05, 0) is 13.0 Å². The molecule has 2 rings (SSSR count). The second-order valence-corrected chi connectivity index (χ2v) is 5.14. The summed E-state index contributed by atoms with van der Waals surface area (Å²) in [6.45, 7) is 1.52. The molecular formula is C19H18O6. The van der Waals surface area contributed by atoms with Gasteiger partial charge < -0.3 is 19.3 Å². The van der Waals surface area contributed by atoms with Crippen LogP contribution in [0.15, 0.2) is 54.3 Å². The van der Waals surface area contributed by atoms with Crippen LogP contribution in [0.3, 0.4) is 0 Å². The lowest BCUT2D eigenvalue weighted by Gasteiger charge is -2.12. The number of phenols is 1. The maximum absolute atomic E-state index is 12.6. The second-order valence-electron chi connectivity index (χ2n) is 5.14. The lowest BCUT2D eigenvalue weighted by Crippen LogP contribution is -2.11. The van der Waals surface area contributed by atoms with Gasteiger partial charge >= 0.3 is 5.97 Å². The van der Waals surface area contributed by atoms with Crippen molar-refractivity contribution in [1.29, 1.82) is 0 Å². The van der Waals surface area contributed by atoms with E-state index in [0.29, 0.717) is 5.56 Å². The first-order valence-electron chi connectivity index (χ1n) is 7.40. The predicted molar refractivity (Wildman–Crippen MR) is 90.9 cm³/mol. The summed E-state index contributed by atoms with van der Waals surface area (Å²) in [7, 11) is 2.78. The molecule has 0 aliphatic heterocycles. The number of benzene rings is 2. The normalized spacial score (nSPS) is 10.9. The van der Waals surface area contributed by atoms with E-state index in [1.807, 2.05) is 0 Å². The molecule has 0 saturated carbocycles. The van der Waals surface area contributed by atoms with Crippen molar-refractivity contribution in [3.05, 3.63) is 65.4 Å². The summed E-state index contributed by atoms with van der Waals surface area (Å²) in [4.78, 5) is 24.6. The molecule has 0 unspecified atom stereocenters. The number of esters is 1. The maximum atomic E-state index is 12.6. The standard InChI is InChI=1S/C19H18O6/c1-12(11-23-2)19(22)25-17-9-14(15(20)10-16(17)24-3)18(21)13-7-5-4-6-8-13/h4-11,20H,1-3H3/b12-11+. The number of ether oxygens (including phenoxy) is 3. The molecule has 6 heteroatoms. The molecule has 0 aromatic heterocycles. The fraction of sp³-hybridized carbons (Fsp3) is 0.158. The van der Waals surface area contributed by atoms with Crippen LogP contribution in [0.4, 0.5) is 0 Å². The lowest BCUT2D eigenvalue weighted by molar-refractivity contribution is -0.130. The van der Waals surface area contributed by atoms with Crippen molar-refractivity contribution in [2.75, 3.05) is 14.2 Å². The van der Waals surface area contributed by atoms with Crippen LogP contribution in [0.5, 0.6) is 17.2 Å². The minimum atomic E-state index is -0.663. The zero-order valence-corrected chi connectivity index (χ0v) is 14.1. The van der Waals surface area contributed by atoms with E-state index in [9.17, 15) is 14.7 Å². The van der Waals surface area contributed by atoms with Crippen molar-refractivity contribution >= 4 is 11.8 Å². The fourth-order valence-corrected chi connectivity index (χ4v) is 2.12. The number of phenolic OH excluding ortho intramolecular Hbond substituents is 1. The van der Waals surface area contributed by atoms with E-state index in [2.05, 4.69) is 0 Å².